The van der Waals surface area contributed by atoms with Crippen LogP contribution in [0.25, 0.3) is 16.6 Å². The second-order valence-corrected chi connectivity index (χ2v) is 12.4. The van der Waals surface area contributed by atoms with Crippen LogP contribution in [0.1, 0.15) is 17.0 Å². The number of amides is 1. The molecule has 6 aromatic rings. The maximum absolute atomic E-state index is 14.0. The van der Waals surface area contributed by atoms with E-state index in [1.807, 2.05) is 91.9 Å². The maximum atomic E-state index is 14.0. The van der Waals surface area contributed by atoms with Gasteiger partial charge in [-0.1, -0.05) is 81.1 Å². The molecule has 0 bridgehead atoms. The molecule has 0 unspecified atom stereocenters. The van der Waals surface area contributed by atoms with Crippen molar-refractivity contribution in [3.8, 4) is 5.69 Å². The van der Waals surface area contributed by atoms with Gasteiger partial charge in [0.2, 0.25) is 5.91 Å². The summed E-state index contributed by atoms with van der Waals surface area (Å²) in [5, 5.41) is 10.9. The number of aryl methyl sites for hydroxylation is 1. The van der Waals surface area contributed by atoms with Gasteiger partial charge in [0.25, 0.3) is 5.56 Å². The lowest BCUT2D eigenvalue weighted by molar-refractivity contribution is -0.114. The van der Waals surface area contributed by atoms with Gasteiger partial charge >= 0.3 is 0 Å². The molecule has 7 nitrogen and oxygen atoms in total. The average molecular weight is 713 g/mol. The van der Waals surface area contributed by atoms with E-state index < -0.39 is 0 Å². The van der Waals surface area contributed by atoms with Crippen LogP contribution in [0.5, 0.6) is 0 Å². The summed E-state index contributed by atoms with van der Waals surface area (Å²) in [5.74, 6) is 0.388. The number of anilines is 4. The van der Waals surface area contributed by atoms with Crippen molar-refractivity contribution in [3.63, 3.8) is 0 Å². The van der Waals surface area contributed by atoms with E-state index in [0.717, 1.165) is 32.7 Å². The van der Waals surface area contributed by atoms with Crippen molar-refractivity contribution >= 4 is 78.7 Å². The van der Waals surface area contributed by atoms with Crippen LogP contribution in [0.3, 0.4) is 0 Å². The summed E-state index contributed by atoms with van der Waals surface area (Å²) in [4.78, 5) is 31.5. The van der Waals surface area contributed by atoms with E-state index in [4.69, 9.17) is 28.2 Å². The third-order valence-corrected chi connectivity index (χ3v) is 8.53. The Hall–Kier alpha value is -4.63. The zero-order valence-corrected chi connectivity index (χ0v) is 27.7. The standard InChI is InChI=1S/C36H28BrCl2N5O2/c1-22-9-12-26(13-10-22)41-34(45)21-40-25-14-16-27(17-15-25)44-33(42-32-18-11-24(37)20-28(32)36(44)46)19-23-5-2-3-8-31(23)43-35-29(38)6-4-7-30(35)39/h2-18,20,40,43H,19,21H2,1H3,(H,41,45). The number of carbonyl (C=O) groups excluding carboxylic acids is 1. The number of nitrogens with one attached hydrogen (secondary N) is 3. The molecule has 6 rings (SSSR count). The molecule has 1 amide bonds. The van der Waals surface area contributed by atoms with E-state index in [9.17, 15) is 9.59 Å². The van der Waals surface area contributed by atoms with Crippen LogP contribution < -0.4 is 21.5 Å². The van der Waals surface area contributed by atoms with Crippen molar-refractivity contribution in [1.29, 1.82) is 0 Å². The fraction of sp³-hybridized carbons (Fsp3) is 0.0833. The number of hydrogen-bond acceptors (Lipinski definition) is 5. The van der Waals surface area contributed by atoms with E-state index in [2.05, 4.69) is 31.9 Å². The van der Waals surface area contributed by atoms with Crippen molar-refractivity contribution in [2.45, 2.75) is 13.3 Å². The highest BCUT2D eigenvalue weighted by Gasteiger charge is 2.17. The first-order chi connectivity index (χ1) is 22.2. The Morgan fingerprint density at radius 3 is 2.28 bits per heavy atom. The molecule has 5 aromatic carbocycles. The van der Waals surface area contributed by atoms with E-state index in [-0.39, 0.29) is 18.0 Å². The van der Waals surface area contributed by atoms with Crippen LogP contribution in [0.15, 0.2) is 118 Å². The molecule has 0 radical (unpaired) electrons. The molecular weight excluding hydrogens is 685 g/mol. The first-order valence-corrected chi connectivity index (χ1v) is 16.0. The van der Waals surface area contributed by atoms with Crippen molar-refractivity contribution < 1.29 is 4.79 Å². The Bertz CT molecular complexity index is 2100. The molecule has 0 saturated carbocycles. The Kier molecular flexibility index (Phi) is 9.40. The summed E-state index contributed by atoms with van der Waals surface area (Å²) >= 11 is 16.4. The Morgan fingerprint density at radius 2 is 1.54 bits per heavy atom. The van der Waals surface area contributed by atoms with Gasteiger partial charge in [-0.25, -0.2) is 4.98 Å². The van der Waals surface area contributed by atoms with Crippen LogP contribution >= 0.6 is 39.1 Å². The first kappa shape index (κ1) is 31.4. The number of rotatable bonds is 9. The molecule has 0 atom stereocenters. The second kappa shape index (κ2) is 13.8. The topological polar surface area (TPSA) is 88.1 Å². The van der Waals surface area contributed by atoms with Gasteiger partial charge in [0.15, 0.2) is 0 Å². The number of para-hydroxylation sites is 2. The largest absolute Gasteiger partial charge is 0.376 e. The summed E-state index contributed by atoms with van der Waals surface area (Å²) in [6.07, 6.45) is 0.339. The van der Waals surface area contributed by atoms with Gasteiger partial charge < -0.3 is 16.0 Å². The van der Waals surface area contributed by atoms with Crippen molar-refractivity contribution in [2.24, 2.45) is 0 Å². The normalized spacial score (nSPS) is 11.0. The zero-order chi connectivity index (χ0) is 32.2. The van der Waals surface area contributed by atoms with E-state index in [0.29, 0.717) is 44.6 Å². The molecule has 0 fully saturated rings. The summed E-state index contributed by atoms with van der Waals surface area (Å²) in [6, 6.07) is 33.6. The molecular formula is C36H28BrCl2N5O2. The molecule has 0 aliphatic heterocycles. The summed E-state index contributed by atoms with van der Waals surface area (Å²) in [7, 11) is 0. The molecule has 0 spiro atoms. The molecule has 3 N–H and O–H groups in total. The molecule has 230 valence electrons. The van der Waals surface area contributed by atoms with Gasteiger partial charge in [0.1, 0.15) is 5.82 Å². The lowest BCUT2D eigenvalue weighted by Crippen LogP contribution is -2.24. The molecule has 1 heterocycles. The third kappa shape index (κ3) is 7.10. The monoisotopic (exact) mass is 711 g/mol. The fourth-order valence-corrected chi connectivity index (χ4v) is 5.91. The smallest absolute Gasteiger partial charge is 0.266 e. The predicted molar refractivity (Wildman–Crippen MR) is 192 cm³/mol. The first-order valence-electron chi connectivity index (χ1n) is 14.5. The minimum absolute atomic E-state index is 0.0865. The quantitative estimate of drug-likeness (QED) is 0.139. The Balaban J connectivity index is 1.30. The minimum atomic E-state index is -0.195. The zero-order valence-electron chi connectivity index (χ0n) is 24.7. The van der Waals surface area contributed by atoms with Gasteiger partial charge in [-0.05, 0) is 85.3 Å². The predicted octanol–water partition coefficient (Wildman–Crippen LogP) is 9.15. The number of aromatic nitrogens is 2. The van der Waals surface area contributed by atoms with Gasteiger partial charge in [0, 0.05) is 28.0 Å². The van der Waals surface area contributed by atoms with Crippen LogP contribution in [0, 0.1) is 6.92 Å². The van der Waals surface area contributed by atoms with Crippen molar-refractivity contribution in [1.82, 2.24) is 9.55 Å². The molecule has 46 heavy (non-hydrogen) atoms. The summed E-state index contributed by atoms with van der Waals surface area (Å²) < 4.78 is 2.41. The van der Waals surface area contributed by atoms with Crippen molar-refractivity contribution in [2.75, 3.05) is 22.5 Å². The number of fused-ring (bicyclic) bond motifs is 1. The Labute approximate surface area is 284 Å². The Morgan fingerprint density at radius 1 is 0.848 bits per heavy atom. The number of hydrogen-bond donors (Lipinski definition) is 3. The molecule has 10 heteroatoms. The maximum Gasteiger partial charge on any atom is 0.266 e. The van der Waals surface area contributed by atoms with Gasteiger partial charge in [-0.3, -0.25) is 14.2 Å². The molecule has 0 aliphatic carbocycles. The SMILES string of the molecule is Cc1ccc(NC(=O)CNc2ccc(-n3c(Cc4ccccc4Nc4c(Cl)cccc4Cl)nc4ccc(Br)cc4c3=O)cc2)cc1. The van der Waals surface area contributed by atoms with Gasteiger partial charge in [-0.2, -0.15) is 0 Å². The fourth-order valence-electron chi connectivity index (χ4n) is 5.06. The van der Waals surface area contributed by atoms with Crippen molar-refractivity contribution in [3.05, 3.63) is 151 Å². The van der Waals surface area contributed by atoms with Crippen LogP contribution in [0.4, 0.5) is 22.7 Å². The number of halogens is 3. The highest BCUT2D eigenvalue weighted by atomic mass is 79.9. The van der Waals surface area contributed by atoms with Crippen LogP contribution in [-0.4, -0.2) is 22.0 Å². The van der Waals surface area contributed by atoms with Crippen LogP contribution in [0.2, 0.25) is 10.0 Å². The number of nitrogens with zero attached hydrogens (tertiary/aromatic N) is 2. The average Bonchev–Trinajstić information content (AvgIpc) is 3.05. The molecule has 0 aliphatic rings. The van der Waals surface area contributed by atoms with Gasteiger partial charge in [-0.15, -0.1) is 0 Å². The third-order valence-electron chi connectivity index (χ3n) is 7.40. The van der Waals surface area contributed by atoms with E-state index in [1.54, 1.807) is 28.8 Å². The van der Waals surface area contributed by atoms with Crippen LogP contribution in [-0.2, 0) is 11.2 Å². The molecule has 1 aromatic heterocycles. The summed E-state index contributed by atoms with van der Waals surface area (Å²) in [5.41, 5.74) is 5.92. The highest BCUT2D eigenvalue weighted by molar-refractivity contribution is 9.10. The van der Waals surface area contributed by atoms with E-state index in [1.165, 1.54) is 0 Å². The van der Waals surface area contributed by atoms with E-state index >= 15 is 0 Å². The highest BCUT2D eigenvalue weighted by Crippen LogP contribution is 2.34. The summed E-state index contributed by atoms with van der Waals surface area (Å²) in [6.45, 7) is 2.08. The number of benzene rings is 5. The van der Waals surface area contributed by atoms with Gasteiger partial charge in [0.05, 0.1) is 38.9 Å². The second-order valence-electron chi connectivity index (χ2n) is 10.7. The molecule has 0 saturated heterocycles. The number of carbonyl (C=O) groups is 1. The lowest BCUT2D eigenvalue weighted by atomic mass is 10.1. The minimum Gasteiger partial charge on any atom is -0.376 e. The lowest BCUT2D eigenvalue weighted by Gasteiger charge is -2.17.